The fourth-order valence-corrected chi connectivity index (χ4v) is 6.27. The lowest BCUT2D eigenvalue weighted by molar-refractivity contribution is -0.161. The molecule has 2 atom stereocenters. The Kier molecular flexibility index (Phi) is 36.1. The molecule has 0 aromatic heterocycles. The smallest absolute Gasteiger partial charge is 0.462 e. The van der Waals surface area contributed by atoms with Gasteiger partial charge in [0.05, 0.1) is 13.2 Å². The van der Waals surface area contributed by atoms with Gasteiger partial charge >= 0.3 is 19.8 Å². The van der Waals surface area contributed by atoms with E-state index < -0.39 is 32.5 Å². The van der Waals surface area contributed by atoms with Gasteiger partial charge in [0.2, 0.25) is 0 Å². The van der Waals surface area contributed by atoms with Crippen LogP contribution in [0.2, 0.25) is 0 Å². The largest absolute Gasteiger partial charge is 0.472 e. The molecule has 0 aliphatic heterocycles. The van der Waals surface area contributed by atoms with Crippen LogP contribution < -0.4 is 5.73 Å². The number of ether oxygens (including phenoxy) is 2. The van der Waals surface area contributed by atoms with Crippen LogP contribution in [-0.2, 0) is 32.7 Å². The molecule has 0 rings (SSSR count). The predicted molar refractivity (Wildman–Crippen MR) is 206 cm³/mol. The molecule has 0 aliphatic carbocycles. The lowest BCUT2D eigenvalue weighted by Gasteiger charge is -2.19. The second-order valence-electron chi connectivity index (χ2n) is 13.5. The van der Waals surface area contributed by atoms with E-state index in [4.69, 9.17) is 24.3 Å². The summed E-state index contributed by atoms with van der Waals surface area (Å²) in [6.07, 6.45) is 37.7. The molecule has 294 valence electrons. The highest BCUT2D eigenvalue weighted by atomic mass is 31.2. The number of rotatable bonds is 38. The molecule has 3 N–H and O–H groups in total. The fraction of sp³-hybridized carbons (Fsp3) is 0.850. The fourth-order valence-electron chi connectivity index (χ4n) is 5.51. The van der Waals surface area contributed by atoms with E-state index in [1.54, 1.807) is 0 Å². The normalized spacial score (nSPS) is 13.6. The molecule has 0 fully saturated rings. The molecule has 0 saturated carbocycles. The Morgan fingerprint density at radius 1 is 0.580 bits per heavy atom. The molecular formula is C40H76NO8P. The summed E-state index contributed by atoms with van der Waals surface area (Å²) in [4.78, 5) is 34.8. The molecule has 0 aromatic carbocycles. The van der Waals surface area contributed by atoms with E-state index in [0.717, 1.165) is 70.6 Å². The zero-order chi connectivity index (χ0) is 36.8. The molecule has 0 heterocycles. The summed E-state index contributed by atoms with van der Waals surface area (Å²) in [7, 11) is -4.37. The van der Waals surface area contributed by atoms with Crippen molar-refractivity contribution in [1.82, 2.24) is 0 Å². The van der Waals surface area contributed by atoms with Gasteiger partial charge in [0, 0.05) is 19.4 Å². The number of carbonyl (C=O) groups excluding carboxylic acids is 2. The number of phosphoric acid groups is 1. The zero-order valence-electron chi connectivity index (χ0n) is 32.1. The maximum absolute atomic E-state index is 12.5. The first-order valence-corrected chi connectivity index (χ1v) is 21.8. The quantitative estimate of drug-likeness (QED) is 0.0275. The highest BCUT2D eigenvalue weighted by molar-refractivity contribution is 7.47. The minimum Gasteiger partial charge on any atom is -0.462 e. The number of carbonyl (C=O) groups is 2. The van der Waals surface area contributed by atoms with Crippen LogP contribution in [0.3, 0.4) is 0 Å². The van der Waals surface area contributed by atoms with Crippen molar-refractivity contribution in [2.24, 2.45) is 5.73 Å². The first-order chi connectivity index (χ1) is 24.3. The monoisotopic (exact) mass is 730 g/mol. The lowest BCUT2D eigenvalue weighted by Crippen LogP contribution is -2.29. The highest BCUT2D eigenvalue weighted by Gasteiger charge is 2.25. The number of nitrogens with two attached hydrogens (primary N) is 1. The van der Waals surface area contributed by atoms with Crippen LogP contribution >= 0.6 is 7.82 Å². The Labute approximate surface area is 306 Å². The van der Waals surface area contributed by atoms with Gasteiger partial charge in [-0.3, -0.25) is 18.6 Å². The first-order valence-electron chi connectivity index (χ1n) is 20.3. The van der Waals surface area contributed by atoms with Crippen molar-refractivity contribution in [3.8, 4) is 0 Å². The lowest BCUT2D eigenvalue weighted by atomic mass is 10.1. The number of allylic oxidation sites excluding steroid dienone is 4. The number of esters is 2. The van der Waals surface area contributed by atoms with Gasteiger partial charge in [-0.1, -0.05) is 134 Å². The number of hydrogen-bond donors (Lipinski definition) is 2. The summed E-state index contributed by atoms with van der Waals surface area (Å²) < 4.78 is 32.7. The molecule has 0 aromatic rings. The van der Waals surface area contributed by atoms with Crippen LogP contribution in [0.1, 0.15) is 187 Å². The highest BCUT2D eigenvalue weighted by Crippen LogP contribution is 2.43. The molecule has 0 saturated heterocycles. The van der Waals surface area contributed by atoms with E-state index in [9.17, 15) is 19.0 Å². The number of phosphoric ester groups is 1. The van der Waals surface area contributed by atoms with E-state index in [1.807, 2.05) is 0 Å². The van der Waals surface area contributed by atoms with Crippen molar-refractivity contribution in [3.63, 3.8) is 0 Å². The van der Waals surface area contributed by atoms with Crippen molar-refractivity contribution in [1.29, 1.82) is 0 Å². The van der Waals surface area contributed by atoms with Gasteiger partial charge < -0.3 is 20.1 Å². The van der Waals surface area contributed by atoms with E-state index in [0.29, 0.717) is 6.42 Å². The third-order valence-corrected chi connectivity index (χ3v) is 9.54. The topological polar surface area (TPSA) is 134 Å². The second-order valence-corrected chi connectivity index (χ2v) is 14.9. The molecular weight excluding hydrogens is 653 g/mol. The average molecular weight is 730 g/mol. The Morgan fingerprint density at radius 2 is 0.980 bits per heavy atom. The van der Waals surface area contributed by atoms with Crippen LogP contribution in [0, 0.1) is 0 Å². The molecule has 0 spiro atoms. The van der Waals surface area contributed by atoms with Crippen LogP contribution in [0.4, 0.5) is 0 Å². The maximum atomic E-state index is 12.5. The van der Waals surface area contributed by atoms with Crippen LogP contribution in [0.15, 0.2) is 24.3 Å². The summed E-state index contributed by atoms with van der Waals surface area (Å²) in [5.74, 6) is -0.846. The zero-order valence-corrected chi connectivity index (χ0v) is 33.0. The van der Waals surface area contributed by atoms with Gasteiger partial charge in [-0.05, 0) is 64.2 Å². The van der Waals surface area contributed by atoms with Gasteiger partial charge in [0.1, 0.15) is 6.61 Å². The number of unbranched alkanes of at least 4 members (excludes halogenated alkanes) is 21. The van der Waals surface area contributed by atoms with Crippen LogP contribution in [-0.4, -0.2) is 49.3 Å². The van der Waals surface area contributed by atoms with Crippen molar-refractivity contribution in [2.75, 3.05) is 26.4 Å². The van der Waals surface area contributed by atoms with E-state index in [1.165, 1.54) is 83.5 Å². The van der Waals surface area contributed by atoms with Gasteiger partial charge in [0.25, 0.3) is 0 Å². The summed E-state index contributed by atoms with van der Waals surface area (Å²) in [6.45, 7) is 3.70. The standard InChI is InChI=1S/C40H76NO8P/c1-3-5-7-9-11-13-15-17-19-21-22-24-26-28-30-32-39(42)46-36-38(37-48-50(44,45)47-35-34-41)49-40(43)33-31-29-27-25-23-20-18-16-14-12-10-8-6-4-2/h16-19,38H,3-15,20-37,41H2,1-2H3,(H,44,45)/b18-16-,19-17-/t38-/m1/s1. The van der Waals surface area contributed by atoms with E-state index in [-0.39, 0.29) is 32.6 Å². The third kappa shape index (κ3) is 36.3. The van der Waals surface area contributed by atoms with Crippen molar-refractivity contribution < 1.29 is 37.6 Å². The van der Waals surface area contributed by atoms with Crippen molar-refractivity contribution in [3.05, 3.63) is 24.3 Å². The average Bonchev–Trinajstić information content (AvgIpc) is 3.10. The van der Waals surface area contributed by atoms with Crippen LogP contribution in [0.5, 0.6) is 0 Å². The SMILES string of the molecule is CCCCCCC/C=C\CCCCCCCC(=O)O[C@H](COC(=O)CCCCCCC/C=C\CCCCCCCC)COP(=O)(O)OCCN. The second kappa shape index (κ2) is 37.3. The molecule has 10 heteroatoms. The van der Waals surface area contributed by atoms with Crippen LogP contribution in [0.25, 0.3) is 0 Å². The molecule has 0 bridgehead atoms. The maximum Gasteiger partial charge on any atom is 0.472 e. The molecule has 0 radical (unpaired) electrons. The van der Waals surface area contributed by atoms with Crippen molar-refractivity contribution in [2.45, 2.75) is 193 Å². The molecule has 9 nitrogen and oxygen atoms in total. The Hall–Kier alpha value is -1.51. The Bertz CT molecular complexity index is 881. The Balaban J connectivity index is 4.21. The molecule has 0 aliphatic rings. The van der Waals surface area contributed by atoms with Gasteiger partial charge in [0.15, 0.2) is 6.10 Å². The first kappa shape index (κ1) is 48.5. The Morgan fingerprint density at radius 3 is 1.42 bits per heavy atom. The summed E-state index contributed by atoms with van der Waals surface area (Å²) in [5.41, 5.74) is 5.33. The van der Waals surface area contributed by atoms with Gasteiger partial charge in [-0.2, -0.15) is 0 Å². The molecule has 0 amide bonds. The summed E-state index contributed by atoms with van der Waals surface area (Å²) in [5, 5.41) is 0. The van der Waals surface area contributed by atoms with Gasteiger partial charge in [-0.25, -0.2) is 4.57 Å². The molecule has 1 unspecified atom stereocenters. The third-order valence-electron chi connectivity index (χ3n) is 8.56. The van der Waals surface area contributed by atoms with E-state index in [2.05, 4.69) is 38.2 Å². The minimum atomic E-state index is -4.37. The number of hydrogen-bond acceptors (Lipinski definition) is 8. The predicted octanol–water partition coefficient (Wildman–Crippen LogP) is 11.2. The summed E-state index contributed by atoms with van der Waals surface area (Å²) in [6, 6.07) is 0. The van der Waals surface area contributed by atoms with E-state index >= 15 is 0 Å². The van der Waals surface area contributed by atoms with Crippen molar-refractivity contribution >= 4 is 19.8 Å². The summed E-state index contributed by atoms with van der Waals surface area (Å²) >= 11 is 0. The molecule has 50 heavy (non-hydrogen) atoms. The minimum absolute atomic E-state index is 0.0518. The van der Waals surface area contributed by atoms with Gasteiger partial charge in [-0.15, -0.1) is 0 Å².